The maximum Gasteiger partial charge on any atom is 0.239 e. The van der Waals surface area contributed by atoms with Crippen LogP contribution in [-0.2, 0) is 11.3 Å². The van der Waals surface area contributed by atoms with Gasteiger partial charge in [-0.2, -0.15) is 0 Å². The second-order valence-electron chi connectivity index (χ2n) is 3.19. The fourth-order valence-electron chi connectivity index (χ4n) is 1.10. The molecule has 0 aromatic carbocycles. The van der Waals surface area contributed by atoms with Gasteiger partial charge in [0, 0.05) is 11.9 Å². The molecule has 14 heavy (non-hydrogen) atoms. The van der Waals surface area contributed by atoms with Gasteiger partial charge < -0.3 is 10.6 Å². The second-order valence-corrected chi connectivity index (χ2v) is 5.74. The normalized spacial score (nSPS) is 12.6. The standard InChI is InChI=1S/C9H13BrN2OS/c1-6(11)9(13)12(2)5-7-3-4-8(10)14-7/h3-4,6H,5,11H2,1-2H3. The molecular formula is C9H13BrN2OS. The van der Waals surface area contributed by atoms with Gasteiger partial charge in [-0.3, -0.25) is 4.79 Å². The Bertz CT molecular complexity index is 324. The summed E-state index contributed by atoms with van der Waals surface area (Å²) >= 11 is 5.01. The highest BCUT2D eigenvalue weighted by molar-refractivity contribution is 9.11. The predicted molar refractivity (Wildman–Crippen MR) is 62.1 cm³/mol. The molecule has 0 aliphatic rings. The molecule has 1 unspecified atom stereocenters. The first kappa shape index (κ1) is 11.7. The number of hydrogen-bond acceptors (Lipinski definition) is 3. The third kappa shape index (κ3) is 3.08. The Balaban J connectivity index is 2.57. The van der Waals surface area contributed by atoms with Gasteiger partial charge in [-0.25, -0.2) is 0 Å². The third-order valence-electron chi connectivity index (χ3n) is 1.79. The summed E-state index contributed by atoms with van der Waals surface area (Å²) in [4.78, 5) is 14.2. The van der Waals surface area contributed by atoms with E-state index in [-0.39, 0.29) is 5.91 Å². The quantitative estimate of drug-likeness (QED) is 0.916. The van der Waals surface area contributed by atoms with Crippen molar-refractivity contribution >= 4 is 33.2 Å². The van der Waals surface area contributed by atoms with Crippen molar-refractivity contribution in [3.8, 4) is 0 Å². The van der Waals surface area contributed by atoms with E-state index in [0.717, 1.165) is 8.66 Å². The highest BCUT2D eigenvalue weighted by Crippen LogP contribution is 2.22. The zero-order valence-corrected chi connectivity index (χ0v) is 10.6. The van der Waals surface area contributed by atoms with E-state index in [9.17, 15) is 4.79 Å². The Hall–Kier alpha value is -0.390. The molecule has 0 aliphatic heterocycles. The van der Waals surface area contributed by atoms with Crippen molar-refractivity contribution in [2.45, 2.75) is 19.5 Å². The minimum Gasteiger partial charge on any atom is -0.339 e. The molecule has 1 aromatic heterocycles. The number of nitrogens with two attached hydrogens (primary N) is 1. The van der Waals surface area contributed by atoms with Crippen LogP contribution in [0.5, 0.6) is 0 Å². The number of thiophene rings is 1. The Kier molecular flexibility index (Phi) is 4.10. The van der Waals surface area contributed by atoms with Gasteiger partial charge in [0.1, 0.15) is 0 Å². The zero-order chi connectivity index (χ0) is 10.7. The van der Waals surface area contributed by atoms with E-state index in [0.29, 0.717) is 6.54 Å². The number of likely N-dealkylation sites (N-methyl/N-ethyl adjacent to an activating group) is 1. The lowest BCUT2D eigenvalue weighted by Gasteiger charge is -2.18. The number of carbonyl (C=O) groups is 1. The molecule has 0 saturated heterocycles. The molecule has 0 bridgehead atoms. The van der Waals surface area contributed by atoms with Gasteiger partial charge in [-0.1, -0.05) is 0 Å². The van der Waals surface area contributed by atoms with Crippen LogP contribution in [-0.4, -0.2) is 23.9 Å². The van der Waals surface area contributed by atoms with Crippen molar-refractivity contribution in [2.75, 3.05) is 7.05 Å². The lowest BCUT2D eigenvalue weighted by Crippen LogP contribution is -2.39. The molecule has 5 heteroatoms. The van der Waals surface area contributed by atoms with Crippen LogP contribution in [0.15, 0.2) is 15.9 Å². The summed E-state index contributed by atoms with van der Waals surface area (Å²) in [6, 6.07) is 3.55. The van der Waals surface area contributed by atoms with Crippen LogP contribution >= 0.6 is 27.3 Å². The number of nitrogens with zero attached hydrogens (tertiary/aromatic N) is 1. The third-order valence-corrected chi connectivity index (χ3v) is 3.40. The highest BCUT2D eigenvalue weighted by atomic mass is 79.9. The molecule has 0 spiro atoms. The average molecular weight is 277 g/mol. The first-order valence-electron chi connectivity index (χ1n) is 4.25. The largest absolute Gasteiger partial charge is 0.339 e. The maximum atomic E-state index is 11.4. The summed E-state index contributed by atoms with van der Waals surface area (Å²) in [6.45, 7) is 2.32. The van der Waals surface area contributed by atoms with Gasteiger partial charge in [-0.05, 0) is 35.0 Å². The predicted octanol–water partition coefficient (Wildman–Crippen LogP) is 1.82. The van der Waals surface area contributed by atoms with E-state index in [1.807, 2.05) is 12.1 Å². The van der Waals surface area contributed by atoms with Crippen molar-refractivity contribution in [1.82, 2.24) is 4.90 Å². The van der Waals surface area contributed by atoms with E-state index < -0.39 is 6.04 Å². The SMILES string of the molecule is CC(N)C(=O)N(C)Cc1ccc(Br)s1. The summed E-state index contributed by atoms with van der Waals surface area (Å²) in [5, 5.41) is 0. The fourth-order valence-corrected chi connectivity index (χ4v) is 2.63. The maximum absolute atomic E-state index is 11.4. The molecule has 1 amide bonds. The van der Waals surface area contributed by atoms with Gasteiger partial charge >= 0.3 is 0 Å². The number of carbonyl (C=O) groups excluding carboxylic acids is 1. The zero-order valence-electron chi connectivity index (χ0n) is 8.16. The summed E-state index contributed by atoms with van der Waals surface area (Å²) in [5.41, 5.74) is 5.50. The molecule has 0 fully saturated rings. The molecule has 1 rings (SSSR count). The summed E-state index contributed by atoms with van der Waals surface area (Å²) in [6.07, 6.45) is 0. The van der Waals surface area contributed by atoms with Gasteiger partial charge in [0.15, 0.2) is 0 Å². The topological polar surface area (TPSA) is 46.3 Å². The molecule has 78 valence electrons. The molecule has 0 aliphatic carbocycles. The van der Waals surface area contributed by atoms with Gasteiger partial charge in [0.05, 0.1) is 16.4 Å². The molecule has 3 nitrogen and oxygen atoms in total. The smallest absolute Gasteiger partial charge is 0.239 e. The van der Waals surface area contributed by atoms with Crippen LogP contribution in [0.3, 0.4) is 0 Å². The van der Waals surface area contributed by atoms with Crippen LogP contribution < -0.4 is 5.73 Å². The van der Waals surface area contributed by atoms with Crippen molar-refractivity contribution in [3.05, 3.63) is 20.8 Å². The van der Waals surface area contributed by atoms with Crippen molar-refractivity contribution in [2.24, 2.45) is 5.73 Å². The summed E-state index contributed by atoms with van der Waals surface area (Å²) in [5.74, 6) is -0.0328. The minimum absolute atomic E-state index is 0.0328. The average Bonchev–Trinajstić information content (AvgIpc) is 2.49. The van der Waals surface area contributed by atoms with E-state index in [1.54, 1.807) is 30.2 Å². The number of amides is 1. The second kappa shape index (κ2) is 4.91. The number of halogens is 1. The van der Waals surface area contributed by atoms with Crippen LogP contribution in [0.4, 0.5) is 0 Å². The Morgan fingerprint density at radius 2 is 2.36 bits per heavy atom. The minimum atomic E-state index is -0.427. The molecule has 2 N–H and O–H groups in total. The molecular weight excluding hydrogens is 264 g/mol. The Morgan fingerprint density at radius 3 is 2.79 bits per heavy atom. The number of hydrogen-bond donors (Lipinski definition) is 1. The van der Waals surface area contributed by atoms with Crippen LogP contribution in [0, 0.1) is 0 Å². The van der Waals surface area contributed by atoms with Gasteiger partial charge in [-0.15, -0.1) is 11.3 Å². The van der Waals surface area contributed by atoms with Gasteiger partial charge in [0.25, 0.3) is 0 Å². The lowest BCUT2D eigenvalue weighted by molar-refractivity contribution is -0.131. The van der Waals surface area contributed by atoms with Crippen LogP contribution in [0.1, 0.15) is 11.8 Å². The molecule has 1 atom stereocenters. The Labute approximate surface area is 96.0 Å². The Morgan fingerprint density at radius 1 is 1.71 bits per heavy atom. The number of rotatable bonds is 3. The van der Waals surface area contributed by atoms with Crippen molar-refractivity contribution in [1.29, 1.82) is 0 Å². The first-order valence-corrected chi connectivity index (χ1v) is 5.86. The van der Waals surface area contributed by atoms with E-state index in [4.69, 9.17) is 5.73 Å². The van der Waals surface area contributed by atoms with Crippen molar-refractivity contribution < 1.29 is 4.79 Å². The fraction of sp³-hybridized carbons (Fsp3) is 0.444. The first-order chi connectivity index (χ1) is 6.50. The van der Waals surface area contributed by atoms with Crippen LogP contribution in [0.25, 0.3) is 0 Å². The van der Waals surface area contributed by atoms with E-state index in [2.05, 4.69) is 15.9 Å². The lowest BCUT2D eigenvalue weighted by atomic mass is 10.3. The summed E-state index contributed by atoms with van der Waals surface area (Å²) in [7, 11) is 1.76. The highest BCUT2D eigenvalue weighted by Gasteiger charge is 2.13. The van der Waals surface area contributed by atoms with E-state index >= 15 is 0 Å². The van der Waals surface area contributed by atoms with Crippen molar-refractivity contribution in [3.63, 3.8) is 0 Å². The monoisotopic (exact) mass is 276 g/mol. The molecule has 0 radical (unpaired) electrons. The van der Waals surface area contributed by atoms with E-state index in [1.165, 1.54) is 0 Å². The van der Waals surface area contributed by atoms with Gasteiger partial charge in [0.2, 0.25) is 5.91 Å². The van der Waals surface area contributed by atoms with Crippen LogP contribution in [0.2, 0.25) is 0 Å². The molecule has 1 aromatic rings. The summed E-state index contributed by atoms with van der Waals surface area (Å²) < 4.78 is 1.08. The molecule has 0 saturated carbocycles. The molecule has 1 heterocycles.